The van der Waals surface area contributed by atoms with E-state index in [0.29, 0.717) is 0 Å². The molecule has 0 aliphatic heterocycles. The van der Waals surface area contributed by atoms with E-state index in [9.17, 15) is 13.2 Å². The average molecular weight is 308 g/mol. The molecule has 0 saturated carbocycles. The number of nitrogens with zero attached hydrogens (tertiary/aromatic N) is 1. The number of fused-ring (bicyclic) bond motifs is 1. The Morgan fingerprint density at radius 3 is 2.76 bits per heavy atom. The first-order chi connectivity index (χ1) is 9.98. The third-order valence-electron chi connectivity index (χ3n) is 3.00. The summed E-state index contributed by atoms with van der Waals surface area (Å²) in [6, 6.07) is 9.30. The number of rotatable bonds is 7. The Kier molecular flexibility index (Phi) is 4.87. The number of nitrogens with one attached hydrogen (secondary N) is 1. The largest absolute Gasteiger partial charge is 0.481 e. The SMILES string of the molecule is O=C(O)CCCS(=O)(=O)NCc1cccc2cccnc12. The van der Waals surface area contributed by atoms with Gasteiger partial charge in [-0.05, 0) is 18.1 Å². The lowest BCUT2D eigenvalue weighted by Crippen LogP contribution is -2.26. The average Bonchev–Trinajstić information content (AvgIpc) is 2.44. The third-order valence-corrected chi connectivity index (χ3v) is 4.41. The van der Waals surface area contributed by atoms with Gasteiger partial charge in [-0.2, -0.15) is 0 Å². The molecule has 7 heteroatoms. The summed E-state index contributed by atoms with van der Waals surface area (Å²) < 4.78 is 26.1. The number of carboxylic acid groups (broad SMARTS) is 1. The topological polar surface area (TPSA) is 96.4 Å². The van der Waals surface area contributed by atoms with E-state index in [1.165, 1.54) is 0 Å². The van der Waals surface area contributed by atoms with Crippen molar-refractivity contribution in [2.75, 3.05) is 5.75 Å². The van der Waals surface area contributed by atoms with Gasteiger partial charge in [0, 0.05) is 24.5 Å². The highest BCUT2D eigenvalue weighted by Crippen LogP contribution is 2.15. The van der Waals surface area contributed by atoms with Crippen molar-refractivity contribution in [3.8, 4) is 0 Å². The van der Waals surface area contributed by atoms with Crippen LogP contribution < -0.4 is 4.72 Å². The van der Waals surface area contributed by atoms with Crippen LogP contribution in [0.2, 0.25) is 0 Å². The maximum Gasteiger partial charge on any atom is 0.303 e. The fraction of sp³-hybridized carbons (Fsp3) is 0.286. The van der Waals surface area contributed by atoms with Gasteiger partial charge in [-0.25, -0.2) is 13.1 Å². The molecule has 1 aromatic carbocycles. The molecule has 0 amide bonds. The standard InChI is InChI=1S/C14H16N2O4S/c17-13(18)7-3-9-21(19,20)16-10-12-5-1-4-11-6-2-8-15-14(11)12/h1-2,4-6,8,16H,3,7,9-10H2,(H,17,18). The Morgan fingerprint density at radius 2 is 2.00 bits per heavy atom. The molecule has 0 aliphatic carbocycles. The Bertz CT molecular complexity index is 738. The molecule has 0 aliphatic rings. The van der Waals surface area contributed by atoms with Gasteiger partial charge >= 0.3 is 5.97 Å². The quantitative estimate of drug-likeness (QED) is 0.808. The minimum absolute atomic E-state index is 0.0957. The predicted molar refractivity (Wildman–Crippen MR) is 79.2 cm³/mol. The van der Waals surface area contributed by atoms with Crippen LogP contribution in [-0.4, -0.2) is 30.2 Å². The molecule has 2 rings (SSSR count). The molecule has 2 aromatic rings. The molecule has 0 fully saturated rings. The van der Waals surface area contributed by atoms with E-state index in [-0.39, 0.29) is 25.1 Å². The summed E-state index contributed by atoms with van der Waals surface area (Å²) in [6.45, 7) is 0.143. The van der Waals surface area contributed by atoms with Gasteiger partial charge in [0.25, 0.3) is 0 Å². The van der Waals surface area contributed by atoms with Crippen molar-refractivity contribution in [1.82, 2.24) is 9.71 Å². The summed E-state index contributed by atoms with van der Waals surface area (Å²) in [5.41, 5.74) is 1.54. The summed E-state index contributed by atoms with van der Waals surface area (Å²) in [6.07, 6.45) is 1.60. The highest BCUT2D eigenvalue weighted by atomic mass is 32.2. The summed E-state index contributed by atoms with van der Waals surface area (Å²) in [7, 11) is -3.49. The lowest BCUT2D eigenvalue weighted by atomic mass is 10.1. The van der Waals surface area contributed by atoms with Crippen LogP contribution in [-0.2, 0) is 21.4 Å². The first-order valence-corrected chi connectivity index (χ1v) is 8.15. The molecular weight excluding hydrogens is 292 g/mol. The highest BCUT2D eigenvalue weighted by molar-refractivity contribution is 7.89. The molecule has 21 heavy (non-hydrogen) atoms. The van der Waals surface area contributed by atoms with Crippen LogP contribution in [0.25, 0.3) is 10.9 Å². The van der Waals surface area contributed by atoms with Crippen LogP contribution >= 0.6 is 0 Å². The van der Waals surface area contributed by atoms with Crippen LogP contribution in [0.1, 0.15) is 18.4 Å². The van der Waals surface area contributed by atoms with Crippen molar-refractivity contribution in [1.29, 1.82) is 0 Å². The molecule has 1 heterocycles. The van der Waals surface area contributed by atoms with E-state index in [4.69, 9.17) is 5.11 Å². The first kappa shape index (κ1) is 15.4. The van der Waals surface area contributed by atoms with Crippen LogP contribution in [0.3, 0.4) is 0 Å². The maximum absolute atomic E-state index is 11.8. The van der Waals surface area contributed by atoms with E-state index >= 15 is 0 Å². The van der Waals surface area contributed by atoms with Crippen molar-refractivity contribution in [2.45, 2.75) is 19.4 Å². The van der Waals surface area contributed by atoms with Gasteiger partial charge in [0.05, 0.1) is 11.3 Å². The fourth-order valence-electron chi connectivity index (χ4n) is 1.98. The number of benzene rings is 1. The van der Waals surface area contributed by atoms with Crippen molar-refractivity contribution in [3.63, 3.8) is 0 Å². The lowest BCUT2D eigenvalue weighted by molar-refractivity contribution is -0.137. The molecule has 6 nitrogen and oxygen atoms in total. The van der Waals surface area contributed by atoms with E-state index in [0.717, 1.165) is 16.5 Å². The van der Waals surface area contributed by atoms with E-state index in [1.54, 1.807) is 6.20 Å². The minimum atomic E-state index is -3.49. The van der Waals surface area contributed by atoms with Crippen molar-refractivity contribution in [3.05, 3.63) is 42.1 Å². The first-order valence-electron chi connectivity index (χ1n) is 6.50. The summed E-state index contributed by atoms with van der Waals surface area (Å²) in [5.74, 6) is -1.19. The van der Waals surface area contributed by atoms with Gasteiger partial charge in [-0.3, -0.25) is 9.78 Å². The highest BCUT2D eigenvalue weighted by Gasteiger charge is 2.12. The van der Waals surface area contributed by atoms with Crippen LogP contribution in [0.5, 0.6) is 0 Å². The number of sulfonamides is 1. The van der Waals surface area contributed by atoms with Crippen LogP contribution in [0, 0.1) is 0 Å². The van der Waals surface area contributed by atoms with Gasteiger partial charge in [-0.15, -0.1) is 0 Å². The van der Waals surface area contributed by atoms with Crippen molar-refractivity contribution >= 4 is 26.9 Å². The Balaban J connectivity index is 2.03. The molecule has 0 spiro atoms. The lowest BCUT2D eigenvalue weighted by Gasteiger charge is -2.08. The Labute approximate surface area is 122 Å². The van der Waals surface area contributed by atoms with Gasteiger partial charge in [0.15, 0.2) is 0 Å². The molecular formula is C14H16N2O4S. The summed E-state index contributed by atoms with van der Waals surface area (Å²) in [4.78, 5) is 14.6. The number of pyridine rings is 1. The number of para-hydroxylation sites is 1. The molecule has 0 radical (unpaired) electrons. The second-order valence-corrected chi connectivity index (χ2v) is 6.56. The van der Waals surface area contributed by atoms with Gasteiger partial charge in [0.1, 0.15) is 0 Å². The fourth-order valence-corrected chi connectivity index (χ4v) is 3.03. The number of aromatic nitrogens is 1. The zero-order chi connectivity index (χ0) is 15.3. The number of hydrogen-bond donors (Lipinski definition) is 2. The van der Waals surface area contributed by atoms with Crippen LogP contribution in [0.4, 0.5) is 0 Å². The Morgan fingerprint density at radius 1 is 1.24 bits per heavy atom. The summed E-state index contributed by atoms with van der Waals surface area (Å²) in [5, 5.41) is 9.46. The number of hydrogen-bond acceptors (Lipinski definition) is 4. The maximum atomic E-state index is 11.8. The van der Waals surface area contributed by atoms with E-state index < -0.39 is 16.0 Å². The van der Waals surface area contributed by atoms with E-state index in [2.05, 4.69) is 9.71 Å². The monoisotopic (exact) mass is 308 g/mol. The third kappa shape index (κ3) is 4.51. The molecule has 0 saturated heterocycles. The molecule has 0 atom stereocenters. The summed E-state index contributed by atoms with van der Waals surface area (Å²) >= 11 is 0. The zero-order valence-electron chi connectivity index (χ0n) is 11.3. The van der Waals surface area contributed by atoms with Gasteiger partial charge in [-0.1, -0.05) is 24.3 Å². The molecule has 2 N–H and O–H groups in total. The predicted octanol–water partition coefficient (Wildman–Crippen LogP) is 1.52. The van der Waals surface area contributed by atoms with Gasteiger partial charge < -0.3 is 5.11 Å². The second-order valence-electron chi connectivity index (χ2n) is 4.63. The van der Waals surface area contributed by atoms with Crippen molar-refractivity contribution in [2.24, 2.45) is 0 Å². The molecule has 112 valence electrons. The smallest absolute Gasteiger partial charge is 0.303 e. The molecule has 0 bridgehead atoms. The minimum Gasteiger partial charge on any atom is -0.481 e. The van der Waals surface area contributed by atoms with Gasteiger partial charge in [0.2, 0.25) is 10.0 Å². The number of aliphatic carboxylic acids is 1. The van der Waals surface area contributed by atoms with Crippen LogP contribution in [0.15, 0.2) is 36.5 Å². The van der Waals surface area contributed by atoms with E-state index in [1.807, 2.05) is 30.3 Å². The normalized spacial score (nSPS) is 11.6. The number of carboxylic acids is 1. The molecule has 1 aromatic heterocycles. The molecule has 0 unspecified atom stereocenters. The van der Waals surface area contributed by atoms with Crippen molar-refractivity contribution < 1.29 is 18.3 Å². The number of carbonyl (C=O) groups is 1. The zero-order valence-corrected chi connectivity index (χ0v) is 12.1. The Hall–Kier alpha value is -1.99. The second kappa shape index (κ2) is 6.64.